The van der Waals surface area contributed by atoms with Crippen LogP contribution in [0.3, 0.4) is 0 Å². The second-order valence-corrected chi connectivity index (χ2v) is 6.30. The van der Waals surface area contributed by atoms with Gasteiger partial charge in [-0.2, -0.15) is 9.50 Å². The van der Waals surface area contributed by atoms with Crippen LogP contribution in [0.15, 0.2) is 52.6 Å². The molecule has 130 valence electrons. The summed E-state index contributed by atoms with van der Waals surface area (Å²) < 4.78 is 6.53. The maximum Gasteiger partial charge on any atom is 0.266 e. The minimum absolute atomic E-state index is 0.241. The van der Waals surface area contributed by atoms with E-state index < -0.39 is 0 Å². The Bertz CT molecular complexity index is 1130. The molecule has 1 amide bonds. The number of aromatic amines is 1. The van der Waals surface area contributed by atoms with Crippen molar-refractivity contribution >= 4 is 28.8 Å². The van der Waals surface area contributed by atoms with Gasteiger partial charge in [-0.1, -0.05) is 6.07 Å². The predicted octanol–water partition coefficient (Wildman–Crippen LogP) is 2.41. The van der Waals surface area contributed by atoms with E-state index >= 15 is 0 Å². The van der Waals surface area contributed by atoms with Crippen molar-refractivity contribution in [2.24, 2.45) is 0 Å². The van der Waals surface area contributed by atoms with Gasteiger partial charge in [-0.3, -0.25) is 14.6 Å². The fourth-order valence-electron chi connectivity index (χ4n) is 2.43. The topological polar surface area (TPSA) is 101 Å². The quantitative estimate of drug-likeness (QED) is 0.577. The first-order valence-corrected chi connectivity index (χ1v) is 8.51. The van der Waals surface area contributed by atoms with Gasteiger partial charge in [0, 0.05) is 11.6 Å². The number of ether oxygens (including phenoxy) is 1. The summed E-state index contributed by atoms with van der Waals surface area (Å²) in [7, 11) is 1.59. The molecule has 4 rings (SSSR count). The van der Waals surface area contributed by atoms with Gasteiger partial charge in [0.25, 0.3) is 11.5 Å². The number of rotatable bonds is 4. The number of hydrogen-bond acceptors (Lipinski definition) is 6. The lowest BCUT2D eigenvalue weighted by Gasteiger charge is -2.04. The highest BCUT2D eigenvalue weighted by atomic mass is 32.1. The molecule has 3 heterocycles. The van der Waals surface area contributed by atoms with Crippen molar-refractivity contribution in [1.82, 2.24) is 19.6 Å². The van der Waals surface area contributed by atoms with Crippen molar-refractivity contribution in [1.29, 1.82) is 0 Å². The van der Waals surface area contributed by atoms with Gasteiger partial charge in [-0.15, -0.1) is 16.4 Å². The zero-order chi connectivity index (χ0) is 18.1. The molecule has 0 radical (unpaired) electrons. The summed E-state index contributed by atoms with van der Waals surface area (Å²) >= 11 is 1.31. The maximum absolute atomic E-state index is 12.3. The molecule has 8 nitrogen and oxygen atoms in total. The van der Waals surface area contributed by atoms with Crippen molar-refractivity contribution in [3.05, 3.63) is 63.1 Å². The lowest BCUT2D eigenvalue weighted by atomic mass is 10.2. The van der Waals surface area contributed by atoms with Crippen LogP contribution in [0, 0.1) is 0 Å². The van der Waals surface area contributed by atoms with Crippen LogP contribution < -0.4 is 15.6 Å². The number of carbonyl (C=O) groups excluding carboxylic acids is 1. The van der Waals surface area contributed by atoms with E-state index in [2.05, 4.69) is 20.4 Å². The van der Waals surface area contributed by atoms with Gasteiger partial charge in [0.1, 0.15) is 11.6 Å². The summed E-state index contributed by atoms with van der Waals surface area (Å²) in [6.45, 7) is 0. The van der Waals surface area contributed by atoms with Gasteiger partial charge in [-0.05, 0) is 35.7 Å². The van der Waals surface area contributed by atoms with Crippen LogP contribution in [0.5, 0.6) is 5.75 Å². The Morgan fingerprint density at radius 2 is 2.08 bits per heavy atom. The minimum atomic E-state index is -0.382. The monoisotopic (exact) mass is 367 g/mol. The van der Waals surface area contributed by atoms with Crippen LogP contribution in [-0.4, -0.2) is 32.6 Å². The smallest absolute Gasteiger partial charge is 0.266 e. The molecule has 0 spiro atoms. The van der Waals surface area contributed by atoms with Gasteiger partial charge in [-0.25, -0.2) is 0 Å². The highest BCUT2D eigenvalue weighted by Gasteiger charge is 2.14. The number of nitrogens with zero attached hydrogens (tertiary/aromatic N) is 3. The van der Waals surface area contributed by atoms with E-state index in [4.69, 9.17) is 4.74 Å². The lowest BCUT2D eigenvalue weighted by molar-refractivity contribution is 0.103. The zero-order valence-electron chi connectivity index (χ0n) is 13.6. The summed E-state index contributed by atoms with van der Waals surface area (Å²) in [5, 5.41) is 8.91. The third-order valence-corrected chi connectivity index (χ3v) is 4.54. The fourth-order valence-corrected chi connectivity index (χ4v) is 3.05. The van der Waals surface area contributed by atoms with Crippen molar-refractivity contribution in [3.8, 4) is 17.1 Å². The first-order chi connectivity index (χ1) is 12.6. The molecule has 0 saturated carbocycles. The molecule has 9 heteroatoms. The molecular formula is C17H13N5O3S. The number of H-pyrrole nitrogens is 1. The van der Waals surface area contributed by atoms with Crippen LogP contribution >= 0.6 is 11.3 Å². The number of anilines is 1. The second kappa shape index (κ2) is 6.45. The lowest BCUT2D eigenvalue weighted by Crippen LogP contribution is -2.18. The normalized spacial score (nSPS) is 10.8. The summed E-state index contributed by atoms with van der Waals surface area (Å²) in [6.07, 6.45) is 0. The van der Waals surface area contributed by atoms with Gasteiger partial charge in [0.05, 0.1) is 12.0 Å². The number of amides is 1. The van der Waals surface area contributed by atoms with Gasteiger partial charge in [0.2, 0.25) is 5.78 Å². The minimum Gasteiger partial charge on any atom is -0.497 e. The number of carbonyl (C=O) groups is 1. The number of benzene rings is 1. The third-order valence-electron chi connectivity index (χ3n) is 3.67. The van der Waals surface area contributed by atoms with E-state index in [1.54, 1.807) is 36.8 Å². The van der Waals surface area contributed by atoms with E-state index in [-0.39, 0.29) is 23.1 Å². The highest BCUT2D eigenvalue weighted by molar-refractivity contribution is 7.12. The SMILES string of the molecule is COc1ccc(-c2nc3[nH]c(=O)cc(NC(=O)c4cccs4)n3n2)cc1. The van der Waals surface area contributed by atoms with E-state index in [1.807, 2.05) is 12.1 Å². The zero-order valence-corrected chi connectivity index (χ0v) is 14.4. The Morgan fingerprint density at radius 3 is 2.77 bits per heavy atom. The molecule has 0 aliphatic heterocycles. The highest BCUT2D eigenvalue weighted by Crippen LogP contribution is 2.21. The second-order valence-electron chi connectivity index (χ2n) is 5.35. The van der Waals surface area contributed by atoms with Crippen LogP contribution in [0.25, 0.3) is 17.2 Å². The third kappa shape index (κ3) is 2.95. The number of methoxy groups -OCH3 is 1. The van der Waals surface area contributed by atoms with E-state index in [1.165, 1.54) is 21.9 Å². The van der Waals surface area contributed by atoms with Crippen LogP contribution in [0.4, 0.5) is 5.82 Å². The summed E-state index contributed by atoms with van der Waals surface area (Å²) in [5.41, 5.74) is 0.374. The van der Waals surface area contributed by atoms with Gasteiger partial charge in [0.15, 0.2) is 5.82 Å². The van der Waals surface area contributed by atoms with Gasteiger partial charge < -0.3 is 10.1 Å². The molecule has 0 unspecified atom stereocenters. The molecule has 0 aliphatic carbocycles. The molecule has 4 aromatic rings. The first kappa shape index (κ1) is 16.0. The maximum atomic E-state index is 12.3. The Labute approximate surface area is 151 Å². The Hall–Kier alpha value is -3.46. The molecule has 0 atom stereocenters. The average Bonchev–Trinajstić information content (AvgIpc) is 3.31. The molecule has 2 N–H and O–H groups in total. The number of thiophene rings is 1. The van der Waals surface area contributed by atoms with E-state index in [9.17, 15) is 9.59 Å². The Kier molecular flexibility index (Phi) is 3.98. The van der Waals surface area contributed by atoms with Crippen molar-refractivity contribution < 1.29 is 9.53 Å². The Balaban J connectivity index is 1.75. The molecular weight excluding hydrogens is 354 g/mol. The number of aromatic nitrogens is 4. The van der Waals surface area contributed by atoms with Gasteiger partial charge >= 0.3 is 0 Å². The first-order valence-electron chi connectivity index (χ1n) is 7.63. The molecule has 3 aromatic heterocycles. The number of fused-ring (bicyclic) bond motifs is 1. The molecule has 0 aliphatic rings. The molecule has 0 fully saturated rings. The largest absolute Gasteiger partial charge is 0.497 e. The van der Waals surface area contributed by atoms with Crippen LogP contribution in [0.2, 0.25) is 0 Å². The molecule has 0 saturated heterocycles. The predicted molar refractivity (Wildman–Crippen MR) is 97.9 cm³/mol. The van der Waals surface area contributed by atoms with E-state index in [0.717, 1.165) is 11.3 Å². The summed E-state index contributed by atoms with van der Waals surface area (Å²) in [4.78, 5) is 31.7. The van der Waals surface area contributed by atoms with Crippen molar-refractivity contribution in [2.75, 3.05) is 12.4 Å². The molecule has 26 heavy (non-hydrogen) atoms. The Morgan fingerprint density at radius 1 is 1.27 bits per heavy atom. The van der Waals surface area contributed by atoms with E-state index in [0.29, 0.717) is 10.7 Å². The van der Waals surface area contributed by atoms with Crippen LogP contribution in [-0.2, 0) is 0 Å². The van der Waals surface area contributed by atoms with Crippen LogP contribution in [0.1, 0.15) is 9.67 Å². The molecule has 0 bridgehead atoms. The van der Waals surface area contributed by atoms with Crippen molar-refractivity contribution in [2.45, 2.75) is 0 Å². The fraction of sp³-hybridized carbons (Fsp3) is 0.0588. The average molecular weight is 367 g/mol. The van der Waals surface area contributed by atoms with Crippen molar-refractivity contribution in [3.63, 3.8) is 0 Å². The summed E-state index contributed by atoms with van der Waals surface area (Å²) in [6, 6.07) is 12.0. The number of nitrogens with one attached hydrogen (secondary N) is 2. The summed E-state index contributed by atoms with van der Waals surface area (Å²) in [5.74, 6) is 1.31. The number of hydrogen-bond donors (Lipinski definition) is 2. The standard InChI is InChI=1S/C17H13N5O3S/c1-25-11-6-4-10(5-7-11)15-20-17-19-14(23)9-13(22(17)21-15)18-16(24)12-3-2-8-26-12/h2-9H,1H3,(H,18,24)(H,19,20,21,23). The molecule has 1 aromatic carbocycles.